The van der Waals surface area contributed by atoms with Crippen LogP contribution in [0.5, 0.6) is 0 Å². The highest BCUT2D eigenvalue weighted by atomic mass is 16.2. The SMILES string of the molecule is CCCC(N)C(=O)NCC(=O)N1CCCC1. The van der Waals surface area contributed by atoms with E-state index in [1.165, 1.54) is 0 Å². The van der Waals surface area contributed by atoms with Gasteiger partial charge in [-0.3, -0.25) is 9.59 Å². The van der Waals surface area contributed by atoms with Gasteiger partial charge in [0.15, 0.2) is 0 Å². The number of nitrogens with one attached hydrogen (secondary N) is 1. The molecule has 5 nitrogen and oxygen atoms in total. The van der Waals surface area contributed by atoms with Crippen molar-refractivity contribution in [1.29, 1.82) is 0 Å². The van der Waals surface area contributed by atoms with Gasteiger partial charge >= 0.3 is 0 Å². The topological polar surface area (TPSA) is 75.4 Å². The van der Waals surface area contributed by atoms with E-state index in [0.29, 0.717) is 6.42 Å². The number of amides is 2. The third-order valence-electron chi connectivity index (χ3n) is 2.81. The zero-order valence-electron chi connectivity index (χ0n) is 9.87. The smallest absolute Gasteiger partial charge is 0.241 e. The molecule has 3 N–H and O–H groups in total. The molecule has 0 spiro atoms. The zero-order valence-corrected chi connectivity index (χ0v) is 9.87. The third-order valence-corrected chi connectivity index (χ3v) is 2.81. The summed E-state index contributed by atoms with van der Waals surface area (Å²) in [6.07, 6.45) is 3.66. The second-order valence-corrected chi connectivity index (χ2v) is 4.20. The van der Waals surface area contributed by atoms with Crippen LogP contribution in [0.3, 0.4) is 0 Å². The fourth-order valence-corrected chi connectivity index (χ4v) is 1.81. The molecule has 1 fully saturated rings. The van der Waals surface area contributed by atoms with Crippen molar-refractivity contribution in [3.8, 4) is 0 Å². The van der Waals surface area contributed by atoms with Gasteiger partial charge in [0.05, 0.1) is 12.6 Å². The maximum Gasteiger partial charge on any atom is 0.241 e. The molecule has 0 aromatic rings. The molecule has 5 heteroatoms. The van der Waals surface area contributed by atoms with Crippen molar-refractivity contribution >= 4 is 11.8 Å². The van der Waals surface area contributed by atoms with Crippen LogP contribution in [0, 0.1) is 0 Å². The molecule has 1 heterocycles. The molecule has 92 valence electrons. The summed E-state index contributed by atoms with van der Waals surface area (Å²) >= 11 is 0. The van der Waals surface area contributed by atoms with Crippen LogP contribution in [0.4, 0.5) is 0 Å². The number of rotatable bonds is 5. The molecule has 1 rings (SSSR count). The van der Waals surface area contributed by atoms with Crippen LogP contribution in [-0.2, 0) is 9.59 Å². The van der Waals surface area contributed by atoms with Gasteiger partial charge in [-0.25, -0.2) is 0 Å². The average molecular weight is 227 g/mol. The number of nitrogens with zero attached hydrogens (tertiary/aromatic N) is 1. The van der Waals surface area contributed by atoms with Gasteiger partial charge in [-0.1, -0.05) is 13.3 Å². The van der Waals surface area contributed by atoms with Crippen molar-refractivity contribution < 1.29 is 9.59 Å². The first-order valence-corrected chi connectivity index (χ1v) is 5.96. The summed E-state index contributed by atoms with van der Waals surface area (Å²) in [6.45, 7) is 3.68. The Kier molecular flexibility index (Phi) is 5.25. The van der Waals surface area contributed by atoms with Crippen molar-refractivity contribution in [1.82, 2.24) is 10.2 Å². The normalized spacial score (nSPS) is 17.2. The predicted molar refractivity (Wildman–Crippen MR) is 61.7 cm³/mol. The third kappa shape index (κ3) is 3.81. The Morgan fingerprint density at radius 2 is 2.00 bits per heavy atom. The molecule has 2 amide bonds. The Balaban J connectivity index is 2.22. The fourth-order valence-electron chi connectivity index (χ4n) is 1.81. The lowest BCUT2D eigenvalue weighted by Gasteiger charge is -2.16. The molecular formula is C11H21N3O2. The van der Waals surface area contributed by atoms with Crippen LogP contribution in [0.1, 0.15) is 32.6 Å². The molecular weight excluding hydrogens is 206 g/mol. The summed E-state index contributed by atoms with van der Waals surface area (Å²) < 4.78 is 0. The fraction of sp³-hybridized carbons (Fsp3) is 0.818. The second-order valence-electron chi connectivity index (χ2n) is 4.20. The highest BCUT2D eigenvalue weighted by molar-refractivity contribution is 5.87. The number of carbonyl (C=O) groups excluding carboxylic acids is 2. The van der Waals surface area contributed by atoms with E-state index >= 15 is 0 Å². The maximum absolute atomic E-state index is 11.6. The molecule has 0 aliphatic carbocycles. The van der Waals surface area contributed by atoms with Crippen LogP contribution in [0.25, 0.3) is 0 Å². The Labute approximate surface area is 96.4 Å². The quantitative estimate of drug-likeness (QED) is 0.686. The molecule has 16 heavy (non-hydrogen) atoms. The number of likely N-dealkylation sites (tertiary alicyclic amines) is 1. The largest absolute Gasteiger partial charge is 0.346 e. The Morgan fingerprint density at radius 3 is 2.56 bits per heavy atom. The molecule has 1 saturated heterocycles. The summed E-state index contributed by atoms with van der Waals surface area (Å²) in [6, 6.07) is -0.489. The minimum atomic E-state index is -0.489. The lowest BCUT2D eigenvalue weighted by molar-refractivity contribution is -0.132. The second kappa shape index (κ2) is 6.48. The maximum atomic E-state index is 11.6. The standard InChI is InChI=1S/C11H21N3O2/c1-2-5-9(12)11(16)13-8-10(15)14-6-3-4-7-14/h9H,2-8,12H2,1H3,(H,13,16). The van der Waals surface area contributed by atoms with Gasteiger partial charge in [0.25, 0.3) is 0 Å². The van der Waals surface area contributed by atoms with E-state index in [2.05, 4.69) is 5.32 Å². The van der Waals surface area contributed by atoms with Crippen molar-refractivity contribution in [2.45, 2.75) is 38.6 Å². The number of hydrogen-bond donors (Lipinski definition) is 2. The van der Waals surface area contributed by atoms with Crippen molar-refractivity contribution in [3.63, 3.8) is 0 Å². The van der Waals surface area contributed by atoms with Gasteiger partial charge in [-0.05, 0) is 19.3 Å². The monoisotopic (exact) mass is 227 g/mol. The lowest BCUT2D eigenvalue weighted by atomic mass is 10.2. The van der Waals surface area contributed by atoms with E-state index < -0.39 is 6.04 Å². The van der Waals surface area contributed by atoms with Crippen molar-refractivity contribution in [2.75, 3.05) is 19.6 Å². The van der Waals surface area contributed by atoms with E-state index in [0.717, 1.165) is 32.4 Å². The molecule has 0 saturated carbocycles. The summed E-state index contributed by atoms with van der Waals surface area (Å²) in [5, 5.41) is 2.59. The summed E-state index contributed by atoms with van der Waals surface area (Å²) in [5.74, 6) is -0.232. The van der Waals surface area contributed by atoms with Gasteiger partial charge in [-0.2, -0.15) is 0 Å². The van der Waals surface area contributed by atoms with E-state index in [1.807, 2.05) is 6.92 Å². The Bertz CT molecular complexity index is 250. The molecule has 1 aliphatic heterocycles. The zero-order chi connectivity index (χ0) is 12.0. The first-order valence-electron chi connectivity index (χ1n) is 5.96. The van der Waals surface area contributed by atoms with Crippen LogP contribution >= 0.6 is 0 Å². The summed E-state index contributed by atoms with van der Waals surface area (Å²) in [7, 11) is 0. The average Bonchev–Trinajstić information content (AvgIpc) is 2.79. The molecule has 1 aliphatic rings. The minimum absolute atomic E-state index is 0.00505. The van der Waals surface area contributed by atoms with E-state index in [-0.39, 0.29) is 18.4 Å². The van der Waals surface area contributed by atoms with Crippen LogP contribution < -0.4 is 11.1 Å². The molecule has 1 unspecified atom stereocenters. The summed E-state index contributed by atoms with van der Waals surface area (Å²) in [4.78, 5) is 24.8. The van der Waals surface area contributed by atoms with E-state index in [1.54, 1.807) is 4.90 Å². The van der Waals surface area contributed by atoms with Crippen LogP contribution in [0.15, 0.2) is 0 Å². The van der Waals surface area contributed by atoms with Gasteiger partial charge in [0.2, 0.25) is 11.8 Å². The number of carbonyl (C=O) groups is 2. The van der Waals surface area contributed by atoms with Crippen molar-refractivity contribution in [2.24, 2.45) is 5.73 Å². The highest BCUT2D eigenvalue weighted by Crippen LogP contribution is 2.06. The molecule has 0 bridgehead atoms. The van der Waals surface area contributed by atoms with Gasteiger partial charge in [0, 0.05) is 13.1 Å². The Hall–Kier alpha value is -1.10. The van der Waals surface area contributed by atoms with Gasteiger partial charge in [-0.15, -0.1) is 0 Å². The van der Waals surface area contributed by atoms with Gasteiger partial charge in [0.1, 0.15) is 0 Å². The molecule has 0 aromatic heterocycles. The molecule has 0 radical (unpaired) electrons. The number of hydrogen-bond acceptors (Lipinski definition) is 3. The number of nitrogens with two attached hydrogens (primary N) is 1. The van der Waals surface area contributed by atoms with Crippen LogP contribution in [-0.4, -0.2) is 42.4 Å². The highest BCUT2D eigenvalue weighted by Gasteiger charge is 2.19. The van der Waals surface area contributed by atoms with Crippen LogP contribution in [0.2, 0.25) is 0 Å². The predicted octanol–water partition coefficient (Wildman–Crippen LogP) is -0.148. The first-order chi connectivity index (χ1) is 7.65. The minimum Gasteiger partial charge on any atom is -0.346 e. The first kappa shape index (κ1) is 13.0. The molecule has 0 aromatic carbocycles. The van der Waals surface area contributed by atoms with E-state index in [9.17, 15) is 9.59 Å². The Morgan fingerprint density at radius 1 is 1.38 bits per heavy atom. The van der Waals surface area contributed by atoms with E-state index in [4.69, 9.17) is 5.73 Å². The van der Waals surface area contributed by atoms with Gasteiger partial charge < -0.3 is 16.0 Å². The molecule has 1 atom stereocenters. The lowest BCUT2D eigenvalue weighted by Crippen LogP contribution is -2.45. The summed E-state index contributed by atoms with van der Waals surface area (Å²) in [5.41, 5.74) is 5.63. The van der Waals surface area contributed by atoms with Crippen molar-refractivity contribution in [3.05, 3.63) is 0 Å².